The normalized spacial score (nSPS) is 34.8. The van der Waals surface area contributed by atoms with Crippen LogP contribution in [0.3, 0.4) is 0 Å². The molecule has 3 fully saturated rings. The molecule has 0 aromatic rings. The zero-order valence-electron chi connectivity index (χ0n) is 17.2. The first-order chi connectivity index (χ1) is 11.2. The molecule has 0 radical (unpaired) electrons. The predicted molar refractivity (Wildman–Crippen MR) is 113 cm³/mol. The molecule has 0 N–H and O–H groups in total. The molecule has 5 heteroatoms. The molecular formula is C20H39Cl2NSiTi-2. The summed E-state index contributed by atoms with van der Waals surface area (Å²) in [5.41, 5.74) is 1.15. The van der Waals surface area contributed by atoms with E-state index >= 15 is 0 Å². The first-order valence-corrected chi connectivity index (χ1v) is 17.2. The van der Waals surface area contributed by atoms with Gasteiger partial charge in [-0.3, -0.25) is 0 Å². The quantitative estimate of drug-likeness (QED) is 0.304. The van der Waals surface area contributed by atoms with Crippen LogP contribution in [0.15, 0.2) is 0 Å². The van der Waals surface area contributed by atoms with Crippen LogP contribution in [0.4, 0.5) is 0 Å². The molecule has 0 spiro atoms. The van der Waals surface area contributed by atoms with Gasteiger partial charge in [-0.25, -0.2) is 0 Å². The topological polar surface area (TPSA) is 14.1 Å². The van der Waals surface area contributed by atoms with Crippen LogP contribution in [-0.4, -0.2) is 13.8 Å². The molecule has 0 amide bonds. The fourth-order valence-corrected chi connectivity index (χ4v) is 11.4. The van der Waals surface area contributed by atoms with E-state index in [1.165, 1.54) is 38.5 Å². The molecule has 148 valence electrons. The van der Waals surface area contributed by atoms with Gasteiger partial charge in [-0.2, -0.15) is 0 Å². The van der Waals surface area contributed by atoms with Gasteiger partial charge < -0.3 is 12.4 Å². The number of fused-ring (bicyclic) bond motifs is 3. The monoisotopic (exact) mass is 439 g/mol. The van der Waals surface area contributed by atoms with E-state index < -0.39 is 25.3 Å². The van der Waals surface area contributed by atoms with Crippen molar-refractivity contribution in [1.82, 2.24) is 0 Å². The number of hydrogen-bond acceptors (Lipinski definition) is 0. The van der Waals surface area contributed by atoms with E-state index in [-0.39, 0.29) is 13.0 Å². The van der Waals surface area contributed by atoms with E-state index in [4.69, 9.17) is 23.6 Å². The van der Waals surface area contributed by atoms with Crippen molar-refractivity contribution in [3.05, 3.63) is 12.4 Å². The Morgan fingerprint density at radius 1 is 0.800 bits per heavy atom. The molecule has 0 saturated heterocycles. The van der Waals surface area contributed by atoms with E-state index in [1.54, 1.807) is 12.8 Å². The van der Waals surface area contributed by atoms with Gasteiger partial charge in [0.05, 0.1) is 0 Å². The summed E-state index contributed by atoms with van der Waals surface area (Å²) in [6.45, 7) is 12.1. The molecule has 3 aliphatic rings. The summed E-state index contributed by atoms with van der Waals surface area (Å²) in [7, 11) is 8.28. The second-order valence-electron chi connectivity index (χ2n) is 9.76. The van der Waals surface area contributed by atoms with Crippen LogP contribution < -0.4 is 0 Å². The van der Waals surface area contributed by atoms with Crippen LogP contribution in [0.1, 0.15) is 72.1 Å². The Hall–Kier alpha value is 1.47. The van der Waals surface area contributed by atoms with Crippen molar-refractivity contribution in [1.29, 1.82) is 0 Å². The summed E-state index contributed by atoms with van der Waals surface area (Å²) in [5, 5.41) is 0. The SMILES string of the molecule is CC(C)(C)[N-][Si](C)(C)C1C2CCCCC2C2CCCCC21.[CH3-].[Cl][Ti][Cl]. The Labute approximate surface area is 175 Å². The van der Waals surface area contributed by atoms with Crippen LogP contribution >= 0.6 is 18.6 Å². The minimum absolute atomic E-state index is 0. The summed E-state index contributed by atoms with van der Waals surface area (Å²) < 4.78 is 0. The molecule has 4 atom stereocenters. The molecule has 3 saturated carbocycles. The fraction of sp³-hybridized carbons (Fsp3) is 0.950. The minimum atomic E-state index is -1.50. The second kappa shape index (κ2) is 10.3. The molecule has 1 nitrogen and oxygen atoms in total. The van der Waals surface area contributed by atoms with Crippen molar-refractivity contribution in [2.75, 3.05) is 0 Å². The van der Waals surface area contributed by atoms with Gasteiger partial charge in [0.25, 0.3) is 0 Å². The van der Waals surface area contributed by atoms with Crippen molar-refractivity contribution in [3.63, 3.8) is 0 Å². The third kappa shape index (κ3) is 6.23. The van der Waals surface area contributed by atoms with Crippen molar-refractivity contribution < 1.29 is 17.0 Å². The summed E-state index contributed by atoms with van der Waals surface area (Å²) >= 11 is -0.556. The number of rotatable bonds is 2. The molecule has 4 unspecified atom stereocenters. The zero-order valence-corrected chi connectivity index (χ0v) is 21.3. The van der Waals surface area contributed by atoms with Crippen LogP contribution in [0.25, 0.3) is 4.98 Å². The third-order valence-electron chi connectivity index (χ3n) is 6.66. The first-order valence-electron chi connectivity index (χ1n) is 9.91. The van der Waals surface area contributed by atoms with Crippen molar-refractivity contribution in [3.8, 4) is 0 Å². The maximum absolute atomic E-state index is 5.44. The van der Waals surface area contributed by atoms with Gasteiger partial charge >= 0.3 is 35.6 Å². The fourth-order valence-electron chi connectivity index (χ4n) is 6.64. The summed E-state index contributed by atoms with van der Waals surface area (Å²) in [5.74, 6) is 4.24. The van der Waals surface area contributed by atoms with E-state index in [1.807, 2.05) is 0 Å². The molecular weight excluding hydrogens is 401 g/mol. The summed E-state index contributed by atoms with van der Waals surface area (Å²) in [4.78, 5) is 5.44. The Morgan fingerprint density at radius 2 is 1.12 bits per heavy atom. The first kappa shape index (κ1) is 24.5. The van der Waals surface area contributed by atoms with Gasteiger partial charge in [-0.15, -0.1) is 5.54 Å². The van der Waals surface area contributed by atoms with Crippen LogP contribution in [0.2, 0.25) is 18.6 Å². The van der Waals surface area contributed by atoms with E-state index in [0.717, 1.165) is 29.2 Å². The Kier molecular flexibility index (Phi) is 10.1. The van der Waals surface area contributed by atoms with Gasteiger partial charge in [0.15, 0.2) is 0 Å². The third-order valence-corrected chi connectivity index (χ3v) is 10.4. The van der Waals surface area contributed by atoms with E-state index in [0.29, 0.717) is 0 Å². The number of halogens is 2. The van der Waals surface area contributed by atoms with Gasteiger partial charge in [0.2, 0.25) is 0 Å². The molecule has 25 heavy (non-hydrogen) atoms. The summed E-state index contributed by atoms with van der Waals surface area (Å²) in [6.07, 6.45) is 12.2. The van der Waals surface area contributed by atoms with Crippen molar-refractivity contribution >= 4 is 26.8 Å². The average Bonchev–Trinajstić information content (AvgIpc) is 2.81. The van der Waals surface area contributed by atoms with Crippen LogP contribution in [0, 0.1) is 31.1 Å². The number of hydrogen-bond donors (Lipinski definition) is 0. The predicted octanol–water partition coefficient (Wildman–Crippen LogP) is 8.19. The molecule has 3 aliphatic carbocycles. The van der Waals surface area contributed by atoms with Crippen molar-refractivity contribution in [2.45, 2.75) is 96.3 Å². The van der Waals surface area contributed by atoms with Crippen LogP contribution in [0.5, 0.6) is 0 Å². The Bertz CT molecular complexity index is 378. The number of nitrogens with zero attached hydrogens (tertiary/aromatic N) is 1. The zero-order chi connectivity index (χ0) is 18.0. The van der Waals surface area contributed by atoms with E-state index in [9.17, 15) is 0 Å². The van der Waals surface area contributed by atoms with Crippen molar-refractivity contribution in [2.24, 2.45) is 23.7 Å². The van der Waals surface area contributed by atoms with Gasteiger partial charge in [0, 0.05) is 0 Å². The Morgan fingerprint density at radius 3 is 1.44 bits per heavy atom. The summed E-state index contributed by atoms with van der Waals surface area (Å²) in [6, 6.07) is 0. The van der Waals surface area contributed by atoms with Gasteiger partial charge in [-0.05, 0) is 36.5 Å². The molecule has 0 heterocycles. The molecule has 0 bridgehead atoms. The van der Waals surface area contributed by atoms with Crippen LogP contribution in [-0.2, 0) is 17.0 Å². The second-order valence-corrected chi connectivity index (χ2v) is 16.5. The molecule has 0 aromatic carbocycles. The Balaban J connectivity index is 0.000000730. The molecule has 3 rings (SSSR count). The molecule has 0 aliphatic heterocycles. The maximum atomic E-state index is 5.44. The van der Waals surface area contributed by atoms with Gasteiger partial charge in [-0.1, -0.05) is 86.2 Å². The molecule has 0 aromatic heterocycles. The standard InChI is InChI=1S/C19H36NSi.CH3.2ClH.Ti/c1-19(2,3)20-21(4,5)18-16-12-8-6-10-14(16)15-11-7-9-13-17(15)18;;;;/h14-18H,6-13H2,1-5H3;1H3;2*1H;/q2*-1;;;+2/p-2. The van der Waals surface area contributed by atoms with E-state index in [2.05, 4.69) is 33.9 Å². The van der Waals surface area contributed by atoms with Gasteiger partial charge in [0.1, 0.15) is 0 Å². The average molecular weight is 440 g/mol.